The molecule has 0 amide bonds. The second-order valence-electron chi connectivity index (χ2n) is 5.09. The van der Waals surface area contributed by atoms with E-state index in [9.17, 15) is 5.26 Å². The van der Waals surface area contributed by atoms with Crippen LogP contribution < -0.4 is 10.2 Å². The lowest BCUT2D eigenvalue weighted by atomic mass is 10.1. The molecule has 0 radical (unpaired) electrons. The molecule has 1 aliphatic heterocycles. The molecule has 3 rings (SSSR count). The van der Waals surface area contributed by atoms with Crippen LogP contribution >= 0.6 is 11.6 Å². The number of piperazine rings is 1. The van der Waals surface area contributed by atoms with Gasteiger partial charge in [0.05, 0.1) is 16.8 Å². The highest BCUT2D eigenvalue weighted by Gasteiger charge is 2.21. The fraction of sp³-hybridized carbons (Fsp3) is 0.333. The van der Waals surface area contributed by atoms with Gasteiger partial charge in [0.25, 0.3) is 0 Å². The van der Waals surface area contributed by atoms with Crippen LogP contribution in [0.25, 0.3) is 10.9 Å². The molecule has 0 aliphatic carbocycles. The van der Waals surface area contributed by atoms with E-state index in [1.165, 1.54) is 0 Å². The molecule has 1 N–H and O–H groups in total. The second kappa shape index (κ2) is 5.28. The lowest BCUT2D eigenvalue weighted by Gasteiger charge is -2.34. The van der Waals surface area contributed by atoms with Gasteiger partial charge in [0, 0.05) is 42.3 Å². The largest absolute Gasteiger partial charge is 0.367 e. The third-order valence-electron chi connectivity index (χ3n) is 3.61. The molecule has 1 aliphatic rings. The van der Waals surface area contributed by atoms with Gasteiger partial charge in [-0.3, -0.25) is 4.98 Å². The Morgan fingerprint density at radius 2 is 2.35 bits per heavy atom. The standard InChI is InChI=1S/C15H15ClN4/c1-10-9-20(5-4-18-10)15-11(7-17)8-19-14-3-2-12(16)6-13(14)15/h2-3,6,8,10,18H,4-5,9H2,1H3. The average molecular weight is 287 g/mol. The number of rotatable bonds is 1. The third kappa shape index (κ3) is 2.31. The second-order valence-corrected chi connectivity index (χ2v) is 5.53. The summed E-state index contributed by atoms with van der Waals surface area (Å²) >= 11 is 6.11. The first kappa shape index (κ1) is 13.2. The highest BCUT2D eigenvalue weighted by Crippen LogP contribution is 2.31. The number of halogens is 1. The molecule has 4 nitrogen and oxygen atoms in total. The van der Waals surface area contributed by atoms with Gasteiger partial charge in [-0.05, 0) is 25.1 Å². The predicted molar refractivity (Wildman–Crippen MR) is 81.1 cm³/mol. The molecule has 5 heteroatoms. The Hall–Kier alpha value is -1.83. The first-order valence-corrected chi connectivity index (χ1v) is 7.03. The summed E-state index contributed by atoms with van der Waals surface area (Å²) in [5.41, 5.74) is 2.43. The minimum atomic E-state index is 0.401. The van der Waals surface area contributed by atoms with E-state index in [1.54, 1.807) is 6.20 Å². The lowest BCUT2D eigenvalue weighted by molar-refractivity contribution is 0.485. The molecule has 20 heavy (non-hydrogen) atoms. The summed E-state index contributed by atoms with van der Waals surface area (Å²) in [5, 5.41) is 14.4. The van der Waals surface area contributed by atoms with Crippen molar-refractivity contribution in [3.05, 3.63) is 35.0 Å². The van der Waals surface area contributed by atoms with Gasteiger partial charge in [0.1, 0.15) is 6.07 Å². The first-order chi connectivity index (χ1) is 9.69. The molecule has 102 valence electrons. The normalized spacial score (nSPS) is 19.1. The highest BCUT2D eigenvalue weighted by atomic mass is 35.5. The van der Waals surface area contributed by atoms with Gasteiger partial charge in [-0.15, -0.1) is 0 Å². The van der Waals surface area contributed by atoms with Gasteiger partial charge in [-0.1, -0.05) is 11.6 Å². The van der Waals surface area contributed by atoms with E-state index < -0.39 is 0 Å². The Balaban J connectivity index is 2.20. The number of hydrogen-bond acceptors (Lipinski definition) is 4. The number of fused-ring (bicyclic) bond motifs is 1. The number of benzene rings is 1. The maximum Gasteiger partial charge on any atom is 0.103 e. The summed E-state index contributed by atoms with van der Waals surface area (Å²) in [5.74, 6) is 0. The van der Waals surface area contributed by atoms with E-state index >= 15 is 0 Å². The fourth-order valence-electron chi connectivity index (χ4n) is 2.71. The van der Waals surface area contributed by atoms with Crippen LogP contribution in [0.15, 0.2) is 24.4 Å². The Morgan fingerprint density at radius 3 is 3.10 bits per heavy atom. The van der Waals surface area contributed by atoms with Crippen molar-refractivity contribution in [2.75, 3.05) is 24.5 Å². The maximum atomic E-state index is 9.38. The van der Waals surface area contributed by atoms with Gasteiger partial charge in [0.2, 0.25) is 0 Å². The fourth-order valence-corrected chi connectivity index (χ4v) is 2.88. The zero-order valence-electron chi connectivity index (χ0n) is 11.2. The van der Waals surface area contributed by atoms with Crippen LogP contribution in [-0.4, -0.2) is 30.7 Å². The molecule has 1 unspecified atom stereocenters. The summed E-state index contributed by atoms with van der Waals surface area (Å²) in [6, 6.07) is 8.27. The van der Waals surface area contributed by atoms with Crippen molar-refractivity contribution in [3.63, 3.8) is 0 Å². The number of hydrogen-bond donors (Lipinski definition) is 1. The van der Waals surface area contributed by atoms with Crippen LogP contribution in [0.3, 0.4) is 0 Å². The van der Waals surface area contributed by atoms with Gasteiger partial charge in [0.15, 0.2) is 0 Å². The monoisotopic (exact) mass is 286 g/mol. The molecule has 1 saturated heterocycles. The number of aromatic nitrogens is 1. The van der Waals surface area contributed by atoms with Crippen molar-refractivity contribution in [3.8, 4) is 6.07 Å². The minimum absolute atomic E-state index is 0.401. The number of nitrogens with one attached hydrogen (secondary N) is 1. The SMILES string of the molecule is CC1CN(c2c(C#N)cnc3ccc(Cl)cc23)CCN1. The molecular formula is C15H15ClN4. The van der Waals surface area contributed by atoms with Crippen LogP contribution in [0, 0.1) is 11.3 Å². The highest BCUT2D eigenvalue weighted by molar-refractivity contribution is 6.31. The zero-order valence-corrected chi connectivity index (χ0v) is 12.0. The van der Waals surface area contributed by atoms with E-state index in [-0.39, 0.29) is 0 Å². The number of pyridine rings is 1. The molecule has 1 aromatic heterocycles. The van der Waals surface area contributed by atoms with Gasteiger partial charge < -0.3 is 10.2 Å². The van der Waals surface area contributed by atoms with Crippen molar-refractivity contribution >= 4 is 28.2 Å². The van der Waals surface area contributed by atoms with Crippen LogP contribution in [0.4, 0.5) is 5.69 Å². The summed E-state index contributed by atoms with van der Waals surface area (Å²) in [6.07, 6.45) is 1.65. The topological polar surface area (TPSA) is 52.0 Å². The Morgan fingerprint density at radius 1 is 1.50 bits per heavy atom. The molecule has 0 saturated carbocycles. The van der Waals surface area contributed by atoms with Gasteiger partial charge >= 0.3 is 0 Å². The number of nitriles is 1. The van der Waals surface area contributed by atoms with Crippen molar-refractivity contribution in [2.24, 2.45) is 0 Å². The number of anilines is 1. The van der Waals surface area contributed by atoms with Gasteiger partial charge in [-0.25, -0.2) is 0 Å². The van der Waals surface area contributed by atoms with Crippen molar-refractivity contribution in [1.82, 2.24) is 10.3 Å². The van der Waals surface area contributed by atoms with Crippen molar-refractivity contribution in [2.45, 2.75) is 13.0 Å². The van der Waals surface area contributed by atoms with Gasteiger partial charge in [-0.2, -0.15) is 5.26 Å². The lowest BCUT2D eigenvalue weighted by Crippen LogP contribution is -2.49. The summed E-state index contributed by atoms with van der Waals surface area (Å²) < 4.78 is 0. The molecule has 2 heterocycles. The Bertz CT molecular complexity index is 692. The predicted octanol–water partition coefficient (Wildman–Crippen LogP) is 2.56. The minimum Gasteiger partial charge on any atom is -0.367 e. The summed E-state index contributed by atoms with van der Waals surface area (Å²) in [7, 11) is 0. The molecule has 1 atom stereocenters. The molecule has 1 aromatic carbocycles. The zero-order chi connectivity index (χ0) is 14.1. The van der Waals surface area contributed by atoms with E-state index in [4.69, 9.17) is 11.6 Å². The third-order valence-corrected chi connectivity index (χ3v) is 3.84. The summed E-state index contributed by atoms with van der Waals surface area (Å²) in [4.78, 5) is 6.59. The molecule has 1 fully saturated rings. The van der Waals surface area contributed by atoms with Crippen LogP contribution in [-0.2, 0) is 0 Å². The molecule has 0 bridgehead atoms. The Kier molecular flexibility index (Phi) is 3.47. The van der Waals surface area contributed by atoms with E-state index in [0.717, 1.165) is 36.2 Å². The smallest absolute Gasteiger partial charge is 0.103 e. The number of nitrogens with zero attached hydrogens (tertiary/aromatic N) is 3. The average Bonchev–Trinajstić information content (AvgIpc) is 2.45. The van der Waals surface area contributed by atoms with E-state index in [2.05, 4.69) is 28.2 Å². The summed E-state index contributed by atoms with van der Waals surface area (Å²) in [6.45, 7) is 4.82. The van der Waals surface area contributed by atoms with Crippen LogP contribution in [0.5, 0.6) is 0 Å². The first-order valence-electron chi connectivity index (χ1n) is 6.65. The van der Waals surface area contributed by atoms with Crippen molar-refractivity contribution in [1.29, 1.82) is 5.26 Å². The van der Waals surface area contributed by atoms with Crippen LogP contribution in [0.2, 0.25) is 5.02 Å². The van der Waals surface area contributed by atoms with E-state index in [1.807, 2.05) is 18.2 Å². The molecule has 2 aromatic rings. The van der Waals surface area contributed by atoms with Crippen LogP contribution in [0.1, 0.15) is 12.5 Å². The van der Waals surface area contributed by atoms with E-state index in [0.29, 0.717) is 16.6 Å². The Labute approximate surface area is 123 Å². The maximum absolute atomic E-state index is 9.38. The van der Waals surface area contributed by atoms with Crippen molar-refractivity contribution < 1.29 is 0 Å². The molecular weight excluding hydrogens is 272 g/mol. The molecule has 0 spiro atoms. The quantitative estimate of drug-likeness (QED) is 0.875.